The lowest BCUT2D eigenvalue weighted by Gasteiger charge is -2.05. The van der Waals surface area contributed by atoms with Crippen LogP contribution in [0.25, 0.3) is 22.0 Å². The fourth-order valence-electron chi connectivity index (χ4n) is 1.85. The van der Waals surface area contributed by atoms with E-state index in [0.717, 1.165) is 16.3 Å². The molecule has 0 atom stereocenters. The maximum atomic E-state index is 5.90. The third-order valence-corrected chi connectivity index (χ3v) is 2.97. The van der Waals surface area contributed by atoms with Crippen LogP contribution < -0.4 is 0 Å². The number of halogens is 2. The van der Waals surface area contributed by atoms with Gasteiger partial charge in [-0.25, -0.2) is 9.97 Å². The molecule has 0 aliphatic carbocycles. The highest BCUT2D eigenvalue weighted by Crippen LogP contribution is 2.27. The standard InChI is InChI=1S/C13H7Cl2N3/c14-12-5-11(17-13(15)18-12)10-7-16-6-8-3-1-2-4-9(8)10/h1-7H. The van der Waals surface area contributed by atoms with Crippen LogP contribution in [0.5, 0.6) is 0 Å². The van der Waals surface area contributed by atoms with Crippen molar-refractivity contribution >= 4 is 34.0 Å². The zero-order chi connectivity index (χ0) is 12.5. The van der Waals surface area contributed by atoms with Crippen LogP contribution in [0.1, 0.15) is 0 Å². The van der Waals surface area contributed by atoms with E-state index in [-0.39, 0.29) is 5.28 Å². The number of rotatable bonds is 1. The van der Waals surface area contributed by atoms with Gasteiger partial charge < -0.3 is 0 Å². The van der Waals surface area contributed by atoms with Crippen LogP contribution in [0.2, 0.25) is 10.4 Å². The van der Waals surface area contributed by atoms with Crippen LogP contribution in [-0.4, -0.2) is 15.0 Å². The lowest BCUT2D eigenvalue weighted by atomic mass is 10.1. The van der Waals surface area contributed by atoms with E-state index < -0.39 is 0 Å². The third kappa shape index (κ3) is 2.03. The maximum absolute atomic E-state index is 5.90. The molecule has 18 heavy (non-hydrogen) atoms. The zero-order valence-corrected chi connectivity index (χ0v) is 10.7. The van der Waals surface area contributed by atoms with Crippen molar-refractivity contribution in [2.24, 2.45) is 0 Å². The smallest absolute Gasteiger partial charge is 0.224 e. The summed E-state index contributed by atoms with van der Waals surface area (Å²) in [7, 11) is 0. The molecule has 1 aromatic carbocycles. The number of aromatic nitrogens is 3. The molecule has 2 aromatic heterocycles. The lowest BCUT2D eigenvalue weighted by Crippen LogP contribution is -1.90. The first-order valence-electron chi connectivity index (χ1n) is 5.27. The van der Waals surface area contributed by atoms with Gasteiger partial charge in [0.2, 0.25) is 5.28 Å². The van der Waals surface area contributed by atoms with E-state index in [1.165, 1.54) is 0 Å². The molecule has 0 aliphatic heterocycles. The number of hydrogen-bond donors (Lipinski definition) is 0. The topological polar surface area (TPSA) is 38.7 Å². The molecule has 2 heterocycles. The third-order valence-electron chi connectivity index (χ3n) is 2.61. The number of fused-ring (bicyclic) bond motifs is 1. The molecule has 5 heteroatoms. The van der Waals surface area contributed by atoms with Gasteiger partial charge in [-0.1, -0.05) is 35.9 Å². The molecule has 0 unspecified atom stereocenters. The Labute approximate surface area is 113 Å². The monoisotopic (exact) mass is 275 g/mol. The summed E-state index contributed by atoms with van der Waals surface area (Å²) < 4.78 is 0. The van der Waals surface area contributed by atoms with Crippen LogP contribution in [0.3, 0.4) is 0 Å². The van der Waals surface area contributed by atoms with Crippen LogP contribution in [0.4, 0.5) is 0 Å². The molecule has 3 rings (SSSR count). The van der Waals surface area contributed by atoms with Gasteiger partial charge in [-0.3, -0.25) is 4.98 Å². The predicted molar refractivity (Wildman–Crippen MR) is 72.8 cm³/mol. The summed E-state index contributed by atoms with van der Waals surface area (Å²) in [5.74, 6) is 0. The molecule has 0 fully saturated rings. The molecule has 0 bridgehead atoms. The molecule has 0 saturated carbocycles. The summed E-state index contributed by atoms with van der Waals surface area (Å²) >= 11 is 11.7. The first kappa shape index (κ1) is 11.4. The Balaban J connectivity index is 2.31. The summed E-state index contributed by atoms with van der Waals surface area (Å²) in [5, 5.41) is 2.54. The van der Waals surface area contributed by atoms with E-state index in [1.807, 2.05) is 30.5 Å². The van der Waals surface area contributed by atoms with Crippen LogP contribution in [0, 0.1) is 0 Å². The molecule has 88 valence electrons. The second kappa shape index (κ2) is 4.52. The van der Waals surface area contributed by atoms with E-state index in [1.54, 1.807) is 12.3 Å². The van der Waals surface area contributed by atoms with E-state index in [2.05, 4.69) is 15.0 Å². The summed E-state index contributed by atoms with van der Waals surface area (Å²) in [6.45, 7) is 0. The molecule has 0 N–H and O–H groups in total. The van der Waals surface area contributed by atoms with Crippen LogP contribution >= 0.6 is 23.2 Å². The minimum Gasteiger partial charge on any atom is -0.263 e. The number of hydrogen-bond acceptors (Lipinski definition) is 3. The Hall–Kier alpha value is -1.71. The molecule has 0 spiro atoms. The SMILES string of the molecule is Clc1cc(-c2cncc3ccccc23)nc(Cl)n1. The molecule has 3 nitrogen and oxygen atoms in total. The van der Waals surface area contributed by atoms with E-state index in [0.29, 0.717) is 10.8 Å². The minimum absolute atomic E-state index is 0.130. The quantitative estimate of drug-likeness (QED) is 0.498. The van der Waals surface area contributed by atoms with Crippen molar-refractivity contribution in [2.45, 2.75) is 0 Å². The summed E-state index contributed by atoms with van der Waals surface area (Å²) in [4.78, 5) is 12.2. The van der Waals surface area contributed by atoms with E-state index >= 15 is 0 Å². The van der Waals surface area contributed by atoms with Gasteiger partial charge >= 0.3 is 0 Å². The van der Waals surface area contributed by atoms with Gasteiger partial charge in [0.15, 0.2) is 0 Å². The van der Waals surface area contributed by atoms with Gasteiger partial charge in [0.25, 0.3) is 0 Å². The number of benzene rings is 1. The van der Waals surface area contributed by atoms with Crippen molar-refractivity contribution in [1.82, 2.24) is 15.0 Å². The summed E-state index contributed by atoms with van der Waals surface area (Å²) in [5.41, 5.74) is 1.56. The summed E-state index contributed by atoms with van der Waals surface area (Å²) in [6, 6.07) is 9.62. The first-order chi connectivity index (χ1) is 8.74. The lowest BCUT2D eigenvalue weighted by molar-refractivity contribution is 1.17. The van der Waals surface area contributed by atoms with Crippen molar-refractivity contribution in [3.63, 3.8) is 0 Å². The largest absolute Gasteiger partial charge is 0.263 e. The molecular weight excluding hydrogens is 269 g/mol. The Morgan fingerprint density at radius 3 is 2.61 bits per heavy atom. The summed E-state index contributed by atoms with van der Waals surface area (Å²) in [6.07, 6.45) is 3.56. The average Bonchev–Trinajstić information content (AvgIpc) is 2.37. The molecule has 0 saturated heterocycles. The average molecular weight is 276 g/mol. The Morgan fingerprint density at radius 2 is 1.78 bits per heavy atom. The minimum atomic E-state index is 0.130. The fraction of sp³-hybridized carbons (Fsp3) is 0. The van der Waals surface area contributed by atoms with Gasteiger partial charge in [0.05, 0.1) is 5.69 Å². The highest BCUT2D eigenvalue weighted by atomic mass is 35.5. The predicted octanol–water partition coefficient (Wildman–Crippen LogP) is 4.00. The van der Waals surface area contributed by atoms with Crippen LogP contribution in [0.15, 0.2) is 42.7 Å². The Kier molecular flexibility index (Phi) is 2.86. The van der Waals surface area contributed by atoms with Crippen molar-refractivity contribution in [2.75, 3.05) is 0 Å². The van der Waals surface area contributed by atoms with Gasteiger partial charge in [-0.15, -0.1) is 0 Å². The van der Waals surface area contributed by atoms with Gasteiger partial charge in [-0.2, -0.15) is 0 Å². The van der Waals surface area contributed by atoms with E-state index in [4.69, 9.17) is 23.2 Å². The van der Waals surface area contributed by atoms with E-state index in [9.17, 15) is 0 Å². The second-order valence-electron chi connectivity index (χ2n) is 3.75. The highest BCUT2D eigenvalue weighted by Gasteiger charge is 2.08. The van der Waals surface area contributed by atoms with Crippen LogP contribution in [-0.2, 0) is 0 Å². The molecule has 3 aromatic rings. The Bertz CT molecular complexity index is 703. The normalized spacial score (nSPS) is 10.8. The zero-order valence-electron chi connectivity index (χ0n) is 9.14. The van der Waals surface area contributed by atoms with Gasteiger partial charge in [0.1, 0.15) is 5.15 Å². The molecular formula is C13H7Cl2N3. The second-order valence-corrected chi connectivity index (χ2v) is 4.48. The first-order valence-corrected chi connectivity index (χ1v) is 6.03. The number of pyridine rings is 1. The number of nitrogens with zero attached hydrogens (tertiary/aromatic N) is 3. The van der Waals surface area contributed by atoms with Gasteiger partial charge in [-0.05, 0) is 17.0 Å². The Morgan fingerprint density at radius 1 is 0.944 bits per heavy atom. The highest BCUT2D eigenvalue weighted by molar-refractivity contribution is 6.32. The van der Waals surface area contributed by atoms with Crippen molar-refractivity contribution < 1.29 is 0 Å². The maximum Gasteiger partial charge on any atom is 0.224 e. The molecule has 0 radical (unpaired) electrons. The van der Waals surface area contributed by atoms with Crippen molar-refractivity contribution in [1.29, 1.82) is 0 Å². The molecule has 0 aliphatic rings. The van der Waals surface area contributed by atoms with Crippen molar-refractivity contribution in [3.8, 4) is 11.3 Å². The van der Waals surface area contributed by atoms with Crippen molar-refractivity contribution in [3.05, 3.63) is 53.2 Å². The van der Waals surface area contributed by atoms with Gasteiger partial charge in [0, 0.05) is 29.4 Å². The molecule has 0 amide bonds. The fourth-order valence-corrected chi connectivity index (χ4v) is 2.26.